The second kappa shape index (κ2) is 5.09. The van der Waals surface area contributed by atoms with Crippen molar-refractivity contribution >= 4 is 0 Å². The summed E-state index contributed by atoms with van der Waals surface area (Å²) in [5, 5.41) is 0. The van der Waals surface area contributed by atoms with Gasteiger partial charge in [0.05, 0.1) is 0 Å². The summed E-state index contributed by atoms with van der Waals surface area (Å²) in [5.41, 5.74) is 4.79. The molecule has 20 heavy (non-hydrogen) atoms. The molecule has 0 aromatic heterocycles. The molecule has 0 nitrogen and oxygen atoms in total. The van der Waals surface area contributed by atoms with E-state index in [0.29, 0.717) is 0 Å². The fraction of sp³-hybridized carbons (Fsp3) is 0.400. The van der Waals surface area contributed by atoms with Crippen LogP contribution in [-0.2, 0) is 0 Å². The minimum Gasteiger partial charge on any atom is -0.0885 e. The lowest BCUT2D eigenvalue weighted by molar-refractivity contribution is 0.290. The topological polar surface area (TPSA) is 0 Å². The molecule has 0 amide bonds. The molecule has 0 aromatic rings. The molecule has 0 aromatic carbocycles. The molecule has 4 aliphatic rings. The zero-order valence-electron chi connectivity index (χ0n) is 12.0. The van der Waals surface area contributed by atoms with E-state index in [1.54, 1.807) is 11.1 Å². The molecule has 0 saturated heterocycles. The second-order valence-electron chi connectivity index (χ2n) is 6.38. The van der Waals surface area contributed by atoms with Gasteiger partial charge in [-0.25, -0.2) is 0 Å². The number of rotatable bonds is 0. The Labute approximate surface area is 122 Å². The lowest BCUT2D eigenvalue weighted by Gasteiger charge is -2.29. The second-order valence-corrected chi connectivity index (χ2v) is 6.38. The molecule has 0 heterocycles. The van der Waals surface area contributed by atoms with E-state index in [9.17, 15) is 0 Å². The Bertz CT molecular complexity index is 577. The van der Waals surface area contributed by atoms with E-state index >= 15 is 0 Å². The van der Waals surface area contributed by atoms with Crippen LogP contribution in [0.5, 0.6) is 0 Å². The van der Waals surface area contributed by atoms with Crippen LogP contribution in [0.3, 0.4) is 0 Å². The normalized spacial score (nSPS) is 34.8. The molecule has 4 aliphatic carbocycles. The van der Waals surface area contributed by atoms with Gasteiger partial charge in [0.15, 0.2) is 0 Å². The van der Waals surface area contributed by atoms with Crippen molar-refractivity contribution in [2.75, 3.05) is 0 Å². The van der Waals surface area contributed by atoms with Crippen molar-refractivity contribution in [1.82, 2.24) is 0 Å². The summed E-state index contributed by atoms with van der Waals surface area (Å²) in [6.45, 7) is 0. The first-order valence-corrected chi connectivity index (χ1v) is 8.06. The van der Waals surface area contributed by atoms with Crippen LogP contribution in [0, 0.1) is 17.8 Å². The third-order valence-electron chi connectivity index (χ3n) is 5.36. The van der Waals surface area contributed by atoms with Crippen LogP contribution < -0.4 is 0 Å². The fourth-order valence-electron chi connectivity index (χ4n) is 4.56. The van der Waals surface area contributed by atoms with Crippen molar-refractivity contribution in [3.63, 3.8) is 0 Å². The lowest BCUT2D eigenvalue weighted by atomic mass is 9.75. The zero-order chi connectivity index (χ0) is 13.4. The summed E-state index contributed by atoms with van der Waals surface area (Å²) in [4.78, 5) is 0. The highest BCUT2D eigenvalue weighted by Gasteiger charge is 2.42. The summed E-state index contributed by atoms with van der Waals surface area (Å²) < 4.78 is 0. The smallest absolute Gasteiger partial charge is 0.00842 e. The van der Waals surface area contributed by atoms with Gasteiger partial charge in [-0.2, -0.15) is 0 Å². The van der Waals surface area contributed by atoms with Crippen LogP contribution in [0.4, 0.5) is 0 Å². The summed E-state index contributed by atoms with van der Waals surface area (Å²) in [6.07, 6.45) is 27.3. The average molecular weight is 262 g/mol. The molecule has 0 spiro atoms. The maximum atomic E-state index is 2.40. The van der Waals surface area contributed by atoms with Crippen molar-refractivity contribution in [2.24, 2.45) is 17.8 Å². The van der Waals surface area contributed by atoms with Crippen LogP contribution in [0.25, 0.3) is 0 Å². The highest BCUT2D eigenvalue weighted by Crippen LogP contribution is 2.53. The quantitative estimate of drug-likeness (QED) is 0.520. The van der Waals surface area contributed by atoms with Crippen LogP contribution in [0.1, 0.15) is 32.1 Å². The number of fused-ring (bicyclic) bond motifs is 3. The predicted octanol–water partition coefficient (Wildman–Crippen LogP) is 5.29. The van der Waals surface area contributed by atoms with Crippen molar-refractivity contribution in [1.29, 1.82) is 0 Å². The van der Waals surface area contributed by atoms with Gasteiger partial charge in [0, 0.05) is 0 Å². The maximum absolute atomic E-state index is 2.40. The van der Waals surface area contributed by atoms with E-state index in [2.05, 4.69) is 54.7 Å². The molecule has 0 saturated carbocycles. The summed E-state index contributed by atoms with van der Waals surface area (Å²) >= 11 is 0. The number of hydrogen-bond donors (Lipinski definition) is 0. The van der Waals surface area contributed by atoms with Crippen LogP contribution in [0.15, 0.2) is 71.4 Å². The first kappa shape index (κ1) is 12.2. The lowest BCUT2D eigenvalue weighted by Crippen LogP contribution is -2.20. The summed E-state index contributed by atoms with van der Waals surface area (Å²) in [7, 11) is 0. The van der Waals surface area contributed by atoms with Crippen LogP contribution in [0.2, 0.25) is 0 Å². The Morgan fingerprint density at radius 2 is 1.70 bits per heavy atom. The Hall–Kier alpha value is -1.56. The van der Waals surface area contributed by atoms with Crippen molar-refractivity contribution in [3.8, 4) is 0 Å². The van der Waals surface area contributed by atoms with E-state index < -0.39 is 0 Å². The molecule has 3 unspecified atom stereocenters. The third-order valence-corrected chi connectivity index (χ3v) is 5.36. The van der Waals surface area contributed by atoms with E-state index in [1.165, 1.54) is 37.7 Å². The van der Waals surface area contributed by atoms with Gasteiger partial charge in [0.1, 0.15) is 0 Å². The Balaban J connectivity index is 1.82. The Kier molecular flexibility index (Phi) is 3.10. The van der Waals surface area contributed by atoms with Gasteiger partial charge < -0.3 is 0 Å². The maximum Gasteiger partial charge on any atom is -0.00842 e. The minimum atomic E-state index is 0.772. The van der Waals surface area contributed by atoms with Gasteiger partial charge in [0.25, 0.3) is 0 Å². The SMILES string of the molecule is C1=CC=C2C=CCC3C2=C(C=C1)C1CCC=CCCC13. The monoisotopic (exact) mass is 262 g/mol. The predicted molar refractivity (Wildman–Crippen MR) is 85.2 cm³/mol. The molecular formula is C20H22. The van der Waals surface area contributed by atoms with Gasteiger partial charge in [-0.05, 0) is 66.6 Å². The van der Waals surface area contributed by atoms with E-state index in [1.807, 2.05) is 0 Å². The van der Waals surface area contributed by atoms with E-state index in [4.69, 9.17) is 0 Å². The molecule has 0 heteroatoms. The first-order valence-electron chi connectivity index (χ1n) is 8.06. The molecule has 3 atom stereocenters. The average Bonchev–Trinajstić information content (AvgIpc) is 2.68. The van der Waals surface area contributed by atoms with Crippen LogP contribution >= 0.6 is 0 Å². The highest BCUT2D eigenvalue weighted by atomic mass is 14.5. The van der Waals surface area contributed by atoms with E-state index in [-0.39, 0.29) is 0 Å². The standard InChI is InChI=1S/C20H22/c1-2-6-12-17-16(11-5-1)18-13-7-3-4-9-15-10-8-14-19(17)20(15)18/h1-4,7-10,13,16-17,19H,5-6,11-12,14H2. The van der Waals surface area contributed by atoms with Crippen molar-refractivity contribution in [3.05, 3.63) is 71.4 Å². The van der Waals surface area contributed by atoms with Gasteiger partial charge in [-0.1, -0.05) is 54.7 Å². The number of hydrogen-bond acceptors (Lipinski definition) is 0. The molecule has 0 radical (unpaired) electrons. The van der Waals surface area contributed by atoms with Crippen molar-refractivity contribution in [2.45, 2.75) is 32.1 Å². The molecule has 0 N–H and O–H groups in total. The first-order chi connectivity index (χ1) is 9.95. The molecule has 0 bridgehead atoms. The molecule has 0 aliphatic heterocycles. The molecule has 4 rings (SSSR count). The van der Waals surface area contributed by atoms with Crippen LogP contribution in [-0.4, -0.2) is 0 Å². The molecular weight excluding hydrogens is 240 g/mol. The summed E-state index contributed by atoms with van der Waals surface area (Å²) in [6, 6.07) is 0. The molecule has 102 valence electrons. The largest absolute Gasteiger partial charge is 0.0885 e. The van der Waals surface area contributed by atoms with Gasteiger partial charge >= 0.3 is 0 Å². The van der Waals surface area contributed by atoms with Gasteiger partial charge in [-0.3, -0.25) is 0 Å². The highest BCUT2D eigenvalue weighted by molar-refractivity contribution is 5.56. The Morgan fingerprint density at radius 3 is 2.65 bits per heavy atom. The fourth-order valence-corrected chi connectivity index (χ4v) is 4.56. The van der Waals surface area contributed by atoms with Gasteiger partial charge in [-0.15, -0.1) is 0 Å². The number of allylic oxidation sites excluding steroid dienone is 12. The van der Waals surface area contributed by atoms with E-state index in [0.717, 1.165) is 17.8 Å². The zero-order valence-corrected chi connectivity index (χ0v) is 12.0. The van der Waals surface area contributed by atoms with Crippen molar-refractivity contribution < 1.29 is 0 Å². The minimum absolute atomic E-state index is 0.772. The Morgan fingerprint density at radius 1 is 0.800 bits per heavy atom. The summed E-state index contributed by atoms with van der Waals surface area (Å²) in [5.74, 6) is 2.42. The third kappa shape index (κ3) is 1.90. The van der Waals surface area contributed by atoms with Gasteiger partial charge in [0.2, 0.25) is 0 Å². The molecule has 0 fully saturated rings.